The molecule has 16 heavy (non-hydrogen) atoms. The van der Waals surface area contributed by atoms with Crippen LogP contribution in [0.1, 0.15) is 12.0 Å². The van der Waals surface area contributed by atoms with Gasteiger partial charge in [0.25, 0.3) is 0 Å². The highest BCUT2D eigenvalue weighted by Crippen LogP contribution is 2.21. The fourth-order valence-corrected chi connectivity index (χ4v) is 1.85. The van der Waals surface area contributed by atoms with Crippen LogP contribution in [0.3, 0.4) is 0 Å². The van der Waals surface area contributed by atoms with Gasteiger partial charge in [-0.15, -0.1) is 0 Å². The van der Waals surface area contributed by atoms with Crippen molar-refractivity contribution in [2.24, 2.45) is 0 Å². The van der Waals surface area contributed by atoms with Crippen LogP contribution in [0.25, 0.3) is 0 Å². The highest BCUT2D eigenvalue weighted by atomic mass is 16.5. The summed E-state index contributed by atoms with van der Waals surface area (Å²) in [4.78, 5) is 2.24. The Hall–Kier alpha value is -1.73. The summed E-state index contributed by atoms with van der Waals surface area (Å²) in [7, 11) is 0. The van der Waals surface area contributed by atoms with Crippen LogP contribution in [0.15, 0.2) is 18.2 Å². The van der Waals surface area contributed by atoms with Crippen molar-refractivity contribution in [2.45, 2.75) is 6.42 Å². The molecule has 2 rings (SSSR count). The van der Waals surface area contributed by atoms with Crippen LogP contribution in [0.2, 0.25) is 0 Å². The van der Waals surface area contributed by atoms with Gasteiger partial charge >= 0.3 is 0 Å². The summed E-state index contributed by atoms with van der Waals surface area (Å²) in [5.41, 5.74) is 7.95. The SMILES string of the molecule is N#Cc1ccc(N2CCCOCC2)cc1N. The summed E-state index contributed by atoms with van der Waals surface area (Å²) in [5, 5.41) is 8.80. The summed E-state index contributed by atoms with van der Waals surface area (Å²) < 4.78 is 5.40. The minimum Gasteiger partial charge on any atom is -0.398 e. The van der Waals surface area contributed by atoms with Gasteiger partial charge in [0.2, 0.25) is 0 Å². The Bertz CT molecular complexity index is 403. The monoisotopic (exact) mass is 217 g/mol. The number of nitrogens with two attached hydrogens (primary N) is 1. The third-order valence-electron chi connectivity index (χ3n) is 2.74. The molecule has 0 radical (unpaired) electrons. The largest absolute Gasteiger partial charge is 0.398 e. The summed E-state index contributed by atoms with van der Waals surface area (Å²) in [6.07, 6.45) is 1.03. The summed E-state index contributed by atoms with van der Waals surface area (Å²) in [5.74, 6) is 0. The van der Waals surface area contributed by atoms with Crippen molar-refractivity contribution < 1.29 is 4.74 Å². The van der Waals surface area contributed by atoms with Gasteiger partial charge in [0, 0.05) is 25.4 Å². The molecule has 0 amide bonds. The lowest BCUT2D eigenvalue weighted by molar-refractivity contribution is 0.152. The number of ether oxygens (including phenoxy) is 1. The standard InChI is InChI=1S/C12H15N3O/c13-9-10-2-3-11(8-12(10)14)15-4-1-6-16-7-5-15/h2-3,8H,1,4-7,14H2. The van der Waals surface area contributed by atoms with Gasteiger partial charge in [0.15, 0.2) is 0 Å². The number of anilines is 2. The number of hydrogen-bond acceptors (Lipinski definition) is 4. The van der Waals surface area contributed by atoms with E-state index < -0.39 is 0 Å². The van der Waals surface area contributed by atoms with Crippen molar-refractivity contribution in [3.63, 3.8) is 0 Å². The first-order valence-corrected chi connectivity index (χ1v) is 5.43. The predicted octanol–water partition coefficient (Wildman–Crippen LogP) is 1.37. The summed E-state index contributed by atoms with van der Waals surface area (Å²) in [6.45, 7) is 3.43. The molecule has 0 bridgehead atoms. The third-order valence-corrected chi connectivity index (χ3v) is 2.74. The zero-order chi connectivity index (χ0) is 11.4. The van der Waals surface area contributed by atoms with E-state index in [9.17, 15) is 0 Å². The minimum absolute atomic E-state index is 0.537. The first-order valence-electron chi connectivity index (χ1n) is 5.43. The lowest BCUT2D eigenvalue weighted by Crippen LogP contribution is -2.25. The number of nitriles is 1. The van der Waals surface area contributed by atoms with Gasteiger partial charge in [0.05, 0.1) is 17.9 Å². The molecule has 1 aliphatic heterocycles. The fourth-order valence-electron chi connectivity index (χ4n) is 1.85. The molecule has 4 heteroatoms. The second-order valence-corrected chi connectivity index (χ2v) is 3.84. The molecule has 0 unspecified atom stereocenters. The fraction of sp³-hybridized carbons (Fsp3) is 0.417. The van der Waals surface area contributed by atoms with E-state index in [0.717, 1.165) is 38.4 Å². The molecule has 1 fully saturated rings. The molecule has 84 valence electrons. The third kappa shape index (κ3) is 2.26. The Morgan fingerprint density at radius 1 is 1.31 bits per heavy atom. The Morgan fingerprint density at radius 3 is 2.94 bits per heavy atom. The number of rotatable bonds is 1. The van der Waals surface area contributed by atoms with E-state index in [-0.39, 0.29) is 0 Å². The van der Waals surface area contributed by atoms with Gasteiger partial charge < -0.3 is 15.4 Å². The summed E-state index contributed by atoms with van der Waals surface area (Å²) >= 11 is 0. The van der Waals surface area contributed by atoms with Crippen LogP contribution < -0.4 is 10.6 Å². The molecule has 0 saturated carbocycles. The van der Waals surface area contributed by atoms with E-state index in [1.165, 1.54) is 0 Å². The molecule has 0 spiro atoms. The van der Waals surface area contributed by atoms with Gasteiger partial charge in [0.1, 0.15) is 6.07 Å². The van der Waals surface area contributed by atoms with Crippen molar-refractivity contribution >= 4 is 11.4 Å². The maximum atomic E-state index is 8.80. The Kier molecular flexibility index (Phi) is 3.28. The predicted molar refractivity (Wildman–Crippen MR) is 63.2 cm³/mol. The number of nitrogens with zero attached hydrogens (tertiary/aromatic N) is 2. The summed E-state index contributed by atoms with van der Waals surface area (Å²) in [6, 6.07) is 7.65. The van der Waals surface area contributed by atoms with Crippen molar-refractivity contribution in [1.29, 1.82) is 5.26 Å². The van der Waals surface area contributed by atoms with Gasteiger partial charge in [-0.25, -0.2) is 0 Å². The van der Waals surface area contributed by atoms with Crippen LogP contribution >= 0.6 is 0 Å². The van der Waals surface area contributed by atoms with Gasteiger partial charge in [-0.3, -0.25) is 0 Å². The van der Waals surface area contributed by atoms with Gasteiger partial charge in [-0.1, -0.05) is 0 Å². The van der Waals surface area contributed by atoms with Crippen LogP contribution in [0.4, 0.5) is 11.4 Å². The maximum Gasteiger partial charge on any atom is 0.101 e. The average Bonchev–Trinajstić information content (AvgIpc) is 2.57. The topological polar surface area (TPSA) is 62.3 Å². The molecule has 1 aromatic carbocycles. The average molecular weight is 217 g/mol. The van der Waals surface area contributed by atoms with Crippen molar-refractivity contribution in [3.8, 4) is 6.07 Å². The normalized spacial score (nSPS) is 16.6. The smallest absolute Gasteiger partial charge is 0.101 e. The van der Waals surface area contributed by atoms with Crippen LogP contribution in [0, 0.1) is 11.3 Å². The molecule has 0 aromatic heterocycles. The molecule has 0 aliphatic carbocycles. The Morgan fingerprint density at radius 2 is 2.19 bits per heavy atom. The quantitative estimate of drug-likeness (QED) is 0.722. The van der Waals surface area contributed by atoms with Crippen LogP contribution in [0.5, 0.6) is 0 Å². The zero-order valence-electron chi connectivity index (χ0n) is 9.15. The molecule has 2 N–H and O–H groups in total. The molecule has 1 aliphatic rings. The van der Waals surface area contributed by atoms with Crippen LogP contribution in [-0.2, 0) is 4.74 Å². The molecule has 1 aromatic rings. The molecule has 0 atom stereocenters. The first-order chi connectivity index (χ1) is 7.81. The Labute approximate surface area is 95.2 Å². The molecular formula is C12H15N3O. The number of nitrogen functional groups attached to an aromatic ring is 1. The van der Waals surface area contributed by atoms with Gasteiger partial charge in [-0.05, 0) is 24.6 Å². The zero-order valence-corrected chi connectivity index (χ0v) is 9.15. The number of benzene rings is 1. The van der Waals surface area contributed by atoms with E-state index in [0.29, 0.717) is 11.3 Å². The minimum atomic E-state index is 0.537. The highest BCUT2D eigenvalue weighted by Gasteiger charge is 2.11. The second-order valence-electron chi connectivity index (χ2n) is 3.84. The van der Waals surface area contributed by atoms with E-state index in [4.69, 9.17) is 15.7 Å². The number of hydrogen-bond donors (Lipinski definition) is 1. The molecule has 1 saturated heterocycles. The van der Waals surface area contributed by atoms with Crippen molar-refractivity contribution in [2.75, 3.05) is 36.9 Å². The van der Waals surface area contributed by atoms with Crippen molar-refractivity contribution in [1.82, 2.24) is 0 Å². The van der Waals surface area contributed by atoms with E-state index in [1.807, 2.05) is 12.1 Å². The van der Waals surface area contributed by atoms with Gasteiger partial charge in [-0.2, -0.15) is 5.26 Å². The lowest BCUT2D eigenvalue weighted by atomic mass is 10.1. The van der Waals surface area contributed by atoms with Crippen molar-refractivity contribution in [3.05, 3.63) is 23.8 Å². The molecule has 4 nitrogen and oxygen atoms in total. The maximum absolute atomic E-state index is 8.80. The Balaban J connectivity index is 2.20. The molecular weight excluding hydrogens is 202 g/mol. The highest BCUT2D eigenvalue weighted by molar-refractivity contribution is 5.63. The molecule has 1 heterocycles. The van der Waals surface area contributed by atoms with E-state index >= 15 is 0 Å². The van der Waals surface area contributed by atoms with E-state index in [2.05, 4.69) is 11.0 Å². The first kappa shape index (κ1) is 10.8. The van der Waals surface area contributed by atoms with E-state index in [1.54, 1.807) is 6.07 Å². The second kappa shape index (κ2) is 4.86. The van der Waals surface area contributed by atoms with Crippen LogP contribution in [-0.4, -0.2) is 26.3 Å². The lowest BCUT2D eigenvalue weighted by Gasteiger charge is -2.22.